The average molecular weight is 418 g/mol. The maximum atomic E-state index is 13.0. The number of nitrogens with one attached hydrogen (secondary N) is 1. The number of fused-ring (bicyclic) bond motifs is 2. The summed E-state index contributed by atoms with van der Waals surface area (Å²) in [6.45, 7) is 7.11. The Morgan fingerprint density at radius 3 is 2.68 bits per heavy atom. The zero-order valence-corrected chi connectivity index (χ0v) is 18.0. The minimum atomic E-state index is 0.0799. The first-order valence-electron chi connectivity index (χ1n) is 11.0. The summed E-state index contributed by atoms with van der Waals surface area (Å²) in [7, 11) is 0. The van der Waals surface area contributed by atoms with Gasteiger partial charge in [0.05, 0.1) is 0 Å². The Kier molecular flexibility index (Phi) is 5.05. The van der Waals surface area contributed by atoms with E-state index >= 15 is 0 Å². The largest absolute Gasteiger partial charge is 0.361 e. The summed E-state index contributed by atoms with van der Waals surface area (Å²) in [5.41, 5.74) is 2.91. The number of aromatic amines is 1. The van der Waals surface area contributed by atoms with Gasteiger partial charge in [-0.25, -0.2) is 0 Å². The average Bonchev–Trinajstić information content (AvgIpc) is 3.45. The summed E-state index contributed by atoms with van der Waals surface area (Å²) in [5, 5.41) is 9.72. The summed E-state index contributed by atoms with van der Waals surface area (Å²) in [4.78, 5) is 25.1. The highest BCUT2D eigenvalue weighted by Gasteiger charge is 2.24. The summed E-state index contributed by atoms with van der Waals surface area (Å²) < 4.78 is 2.09. The number of H-pyrrole nitrogens is 1. The number of piperazine rings is 1. The van der Waals surface area contributed by atoms with Crippen molar-refractivity contribution in [3.8, 4) is 0 Å². The highest BCUT2D eigenvalue weighted by atomic mass is 16.2. The van der Waals surface area contributed by atoms with Crippen LogP contribution in [-0.4, -0.2) is 61.6 Å². The number of carbonyl (C=O) groups excluding carboxylic acids is 1. The van der Waals surface area contributed by atoms with Crippen LogP contribution in [0.5, 0.6) is 0 Å². The molecule has 1 amide bonds. The number of rotatable bonds is 5. The monoisotopic (exact) mass is 417 g/mol. The summed E-state index contributed by atoms with van der Waals surface area (Å²) in [5.74, 6) is 2.62. The van der Waals surface area contributed by atoms with Gasteiger partial charge in [-0.15, -0.1) is 10.2 Å². The number of benzene rings is 1. The molecule has 0 aliphatic carbocycles. The summed E-state index contributed by atoms with van der Waals surface area (Å²) in [6.07, 6.45) is 4.73. The Balaban J connectivity index is 1.34. The third kappa shape index (κ3) is 3.52. The highest BCUT2D eigenvalue weighted by molar-refractivity contribution is 5.98. The van der Waals surface area contributed by atoms with E-state index in [0.717, 1.165) is 60.5 Å². The fraction of sp³-hybridized carbons (Fsp3) is 0.391. The van der Waals surface area contributed by atoms with Gasteiger partial charge in [-0.1, -0.05) is 26.3 Å². The molecule has 0 saturated carbocycles. The predicted octanol–water partition coefficient (Wildman–Crippen LogP) is 3.08. The molecule has 1 aliphatic rings. The Labute approximate surface area is 180 Å². The van der Waals surface area contributed by atoms with Crippen molar-refractivity contribution in [2.75, 3.05) is 31.1 Å². The molecule has 1 aromatic carbocycles. The van der Waals surface area contributed by atoms with Crippen LogP contribution < -0.4 is 4.90 Å². The lowest BCUT2D eigenvalue weighted by molar-refractivity contribution is 0.0746. The van der Waals surface area contributed by atoms with Gasteiger partial charge in [-0.05, 0) is 30.0 Å². The third-order valence-electron chi connectivity index (χ3n) is 6.03. The fourth-order valence-electron chi connectivity index (χ4n) is 4.36. The van der Waals surface area contributed by atoms with Gasteiger partial charge >= 0.3 is 0 Å². The molecule has 4 heterocycles. The van der Waals surface area contributed by atoms with Crippen LogP contribution in [0.3, 0.4) is 0 Å². The van der Waals surface area contributed by atoms with E-state index in [0.29, 0.717) is 18.9 Å². The van der Waals surface area contributed by atoms with Gasteiger partial charge in [0.1, 0.15) is 11.6 Å². The number of aromatic nitrogens is 5. The Hall–Kier alpha value is -3.42. The topological polar surface area (TPSA) is 82.4 Å². The molecule has 0 bridgehead atoms. The van der Waals surface area contributed by atoms with Crippen LogP contribution in [-0.2, 0) is 12.8 Å². The van der Waals surface area contributed by atoms with Crippen LogP contribution in [0, 0.1) is 0 Å². The summed E-state index contributed by atoms with van der Waals surface area (Å²) in [6, 6.07) is 10.0. The molecule has 1 aliphatic heterocycles. The normalized spacial score (nSPS) is 14.6. The quantitative estimate of drug-likeness (QED) is 0.540. The molecular weight excluding hydrogens is 390 g/mol. The molecule has 0 atom stereocenters. The van der Waals surface area contributed by atoms with Gasteiger partial charge in [-0.2, -0.15) is 4.98 Å². The maximum absolute atomic E-state index is 13.0. The standard InChI is InChI=1S/C23H27N7O/c1-3-5-18-15-21(25-23-27-26-20(4-2)30(18)23)28-10-12-29(13-11-28)22(31)17-7-6-16-8-9-24-19(16)14-17/h6-9,14-15,24H,3-5,10-13H2,1-2H3. The lowest BCUT2D eigenvalue weighted by Crippen LogP contribution is -2.49. The van der Waals surface area contributed by atoms with Crippen LogP contribution in [0.1, 0.15) is 42.1 Å². The third-order valence-corrected chi connectivity index (χ3v) is 6.03. The van der Waals surface area contributed by atoms with Crippen molar-refractivity contribution < 1.29 is 4.79 Å². The second-order valence-electron chi connectivity index (χ2n) is 8.02. The van der Waals surface area contributed by atoms with Crippen molar-refractivity contribution in [1.29, 1.82) is 0 Å². The zero-order chi connectivity index (χ0) is 21.4. The van der Waals surface area contributed by atoms with Crippen molar-refractivity contribution in [1.82, 2.24) is 29.5 Å². The van der Waals surface area contributed by atoms with Crippen LogP contribution in [0.2, 0.25) is 0 Å². The van der Waals surface area contributed by atoms with E-state index in [1.165, 1.54) is 5.69 Å². The lowest BCUT2D eigenvalue weighted by atomic mass is 10.1. The fourth-order valence-corrected chi connectivity index (χ4v) is 4.36. The van der Waals surface area contributed by atoms with Gasteiger partial charge in [-0.3, -0.25) is 9.20 Å². The van der Waals surface area contributed by atoms with E-state index in [2.05, 4.69) is 44.4 Å². The van der Waals surface area contributed by atoms with E-state index < -0.39 is 0 Å². The van der Waals surface area contributed by atoms with Crippen LogP contribution in [0.4, 0.5) is 5.82 Å². The molecule has 160 valence electrons. The van der Waals surface area contributed by atoms with Gasteiger partial charge in [0, 0.05) is 61.6 Å². The molecule has 3 aromatic heterocycles. The SMILES string of the molecule is CCCc1cc(N2CCN(C(=O)c3ccc4cc[nH]c4c3)CC2)nc2nnc(CC)n12. The van der Waals surface area contributed by atoms with Gasteiger partial charge in [0.15, 0.2) is 0 Å². The van der Waals surface area contributed by atoms with E-state index in [1.54, 1.807) is 0 Å². The molecular formula is C23H27N7O. The smallest absolute Gasteiger partial charge is 0.257 e. The molecule has 1 N–H and O–H groups in total. The van der Waals surface area contributed by atoms with Gasteiger partial charge in [0.25, 0.3) is 11.7 Å². The van der Waals surface area contributed by atoms with Crippen molar-refractivity contribution >= 4 is 28.4 Å². The first-order valence-corrected chi connectivity index (χ1v) is 11.0. The first-order chi connectivity index (χ1) is 15.2. The van der Waals surface area contributed by atoms with Crippen LogP contribution in [0.15, 0.2) is 36.5 Å². The maximum Gasteiger partial charge on any atom is 0.257 e. The number of carbonyl (C=O) groups is 1. The van der Waals surface area contributed by atoms with E-state index in [-0.39, 0.29) is 5.91 Å². The minimum absolute atomic E-state index is 0.0799. The Morgan fingerprint density at radius 1 is 1.06 bits per heavy atom. The number of amides is 1. The van der Waals surface area contributed by atoms with Crippen molar-refractivity contribution in [3.63, 3.8) is 0 Å². The van der Waals surface area contributed by atoms with E-state index in [4.69, 9.17) is 4.98 Å². The second kappa shape index (κ2) is 8.02. The number of anilines is 1. The zero-order valence-electron chi connectivity index (χ0n) is 18.0. The molecule has 8 heteroatoms. The second-order valence-corrected chi connectivity index (χ2v) is 8.02. The van der Waals surface area contributed by atoms with Gasteiger partial charge in [0.2, 0.25) is 0 Å². The lowest BCUT2D eigenvalue weighted by Gasteiger charge is -2.35. The van der Waals surface area contributed by atoms with Crippen LogP contribution >= 0.6 is 0 Å². The van der Waals surface area contributed by atoms with Crippen molar-refractivity contribution in [2.45, 2.75) is 33.1 Å². The molecule has 0 unspecified atom stereocenters. The number of nitrogens with zero attached hydrogens (tertiary/aromatic N) is 6. The van der Waals surface area contributed by atoms with Crippen molar-refractivity contribution in [2.24, 2.45) is 0 Å². The number of hydrogen-bond acceptors (Lipinski definition) is 5. The Bertz CT molecular complexity index is 1230. The molecule has 1 saturated heterocycles. The van der Waals surface area contributed by atoms with E-state index in [9.17, 15) is 4.79 Å². The first kappa shape index (κ1) is 19.5. The molecule has 8 nitrogen and oxygen atoms in total. The Morgan fingerprint density at radius 2 is 1.90 bits per heavy atom. The molecule has 31 heavy (non-hydrogen) atoms. The van der Waals surface area contributed by atoms with E-state index in [1.807, 2.05) is 35.4 Å². The number of aryl methyl sites for hydroxylation is 2. The minimum Gasteiger partial charge on any atom is -0.361 e. The highest BCUT2D eigenvalue weighted by Crippen LogP contribution is 2.21. The molecule has 0 radical (unpaired) electrons. The van der Waals surface area contributed by atoms with Crippen molar-refractivity contribution in [3.05, 3.63) is 53.6 Å². The van der Waals surface area contributed by atoms with Gasteiger partial charge < -0.3 is 14.8 Å². The van der Waals surface area contributed by atoms with Crippen LogP contribution in [0.25, 0.3) is 16.7 Å². The molecule has 1 fully saturated rings. The number of hydrogen-bond donors (Lipinski definition) is 1. The molecule has 0 spiro atoms. The molecule has 5 rings (SSSR count). The predicted molar refractivity (Wildman–Crippen MR) is 121 cm³/mol. The summed E-state index contributed by atoms with van der Waals surface area (Å²) >= 11 is 0. The molecule has 4 aromatic rings.